The molecule has 80 valence electrons. The van der Waals surface area contributed by atoms with Crippen molar-refractivity contribution >= 4 is 5.84 Å². The van der Waals surface area contributed by atoms with Crippen LogP contribution in [0.25, 0.3) is 0 Å². The molecule has 4 heteroatoms. The summed E-state index contributed by atoms with van der Waals surface area (Å²) in [5.41, 5.74) is 0. The third-order valence-corrected chi connectivity index (χ3v) is 2.15. The van der Waals surface area contributed by atoms with Crippen LogP contribution in [0.5, 0.6) is 0 Å². The molecule has 0 saturated carbocycles. The number of ether oxygens (including phenoxy) is 1. The molecule has 0 unspecified atom stereocenters. The summed E-state index contributed by atoms with van der Waals surface area (Å²) in [6.07, 6.45) is 7.44. The standard InChI is InChI=1S/C11H13FN2O/c12-9-3-2-8-15-10-4-1-6-13-11(10)14-7-5-9/h2-5H,1,6-8H2,(H,13,14). The number of hydrogen-bond donors (Lipinski definition) is 1. The third kappa shape index (κ3) is 2.68. The van der Waals surface area contributed by atoms with Gasteiger partial charge < -0.3 is 10.1 Å². The van der Waals surface area contributed by atoms with E-state index in [9.17, 15) is 4.39 Å². The predicted molar refractivity (Wildman–Crippen MR) is 57.3 cm³/mol. The molecule has 0 aliphatic carbocycles. The average Bonchev–Trinajstić information content (AvgIpc) is 2.26. The van der Waals surface area contributed by atoms with E-state index in [1.165, 1.54) is 12.2 Å². The van der Waals surface area contributed by atoms with Crippen LogP contribution in [0.15, 0.2) is 40.9 Å². The van der Waals surface area contributed by atoms with E-state index in [1.54, 1.807) is 6.08 Å². The first kappa shape index (κ1) is 9.96. The zero-order valence-electron chi connectivity index (χ0n) is 8.37. The zero-order chi connectivity index (χ0) is 10.5. The summed E-state index contributed by atoms with van der Waals surface area (Å²) in [5, 5.41) is 3.13. The maximum Gasteiger partial charge on any atom is 0.164 e. The van der Waals surface area contributed by atoms with E-state index in [0.717, 1.165) is 24.6 Å². The van der Waals surface area contributed by atoms with Gasteiger partial charge in [0.25, 0.3) is 0 Å². The van der Waals surface area contributed by atoms with Crippen LogP contribution in [0, 0.1) is 0 Å². The van der Waals surface area contributed by atoms with Crippen molar-refractivity contribution in [2.75, 3.05) is 19.7 Å². The molecular formula is C11H13FN2O. The van der Waals surface area contributed by atoms with Gasteiger partial charge in [0.05, 0.1) is 6.54 Å². The summed E-state index contributed by atoms with van der Waals surface area (Å²) in [5.74, 6) is 1.22. The molecule has 3 nitrogen and oxygen atoms in total. The SMILES string of the molecule is FC1=CCN=C2NCCC=C2OCC=C1. The second kappa shape index (κ2) is 4.77. The first-order valence-electron chi connectivity index (χ1n) is 5.00. The van der Waals surface area contributed by atoms with E-state index in [1.807, 2.05) is 6.08 Å². The highest BCUT2D eigenvalue weighted by molar-refractivity contribution is 5.97. The second-order valence-electron chi connectivity index (χ2n) is 3.28. The zero-order valence-corrected chi connectivity index (χ0v) is 8.37. The van der Waals surface area contributed by atoms with E-state index < -0.39 is 0 Å². The molecule has 1 N–H and O–H groups in total. The van der Waals surface area contributed by atoms with Gasteiger partial charge in [0.2, 0.25) is 0 Å². The van der Waals surface area contributed by atoms with E-state index in [0.29, 0.717) is 13.2 Å². The van der Waals surface area contributed by atoms with Gasteiger partial charge in [-0.2, -0.15) is 0 Å². The first-order chi connectivity index (χ1) is 7.36. The lowest BCUT2D eigenvalue weighted by Crippen LogP contribution is -2.31. The molecule has 0 aromatic rings. The molecule has 0 radical (unpaired) electrons. The van der Waals surface area contributed by atoms with Crippen LogP contribution in [0.3, 0.4) is 0 Å². The molecule has 0 spiro atoms. The molecule has 15 heavy (non-hydrogen) atoms. The Labute approximate surface area is 88.0 Å². The van der Waals surface area contributed by atoms with Gasteiger partial charge in [0, 0.05) is 6.54 Å². The van der Waals surface area contributed by atoms with Gasteiger partial charge in [-0.1, -0.05) is 0 Å². The van der Waals surface area contributed by atoms with E-state index in [-0.39, 0.29) is 5.83 Å². The maximum atomic E-state index is 13.0. The van der Waals surface area contributed by atoms with Crippen molar-refractivity contribution in [1.82, 2.24) is 5.32 Å². The number of rotatable bonds is 0. The smallest absolute Gasteiger partial charge is 0.164 e. The first-order valence-corrected chi connectivity index (χ1v) is 5.00. The van der Waals surface area contributed by atoms with Crippen LogP contribution in [0.4, 0.5) is 4.39 Å². The number of nitrogens with one attached hydrogen (secondary N) is 1. The topological polar surface area (TPSA) is 33.6 Å². The third-order valence-electron chi connectivity index (χ3n) is 2.15. The Kier molecular flexibility index (Phi) is 3.17. The van der Waals surface area contributed by atoms with Gasteiger partial charge in [-0.05, 0) is 30.7 Å². The van der Waals surface area contributed by atoms with Gasteiger partial charge in [0.1, 0.15) is 12.4 Å². The van der Waals surface area contributed by atoms with Crippen LogP contribution in [-0.4, -0.2) is 25.5 Å². The number of nitrogens with zero attached hydrogens (tertiary/aromatic N) is 1. The second-order valence-corrected chi connectivity index (χ2v) is 3.28. The highest BCUT2D eigenvalue weighted by atomic mass is 19.1. The number of amidine groups is 1. The minimum absolute atomic E-state index is 0.272. The molecule has 2 rings (SSSR count). The monoisotopic (exact) mass is 208 g/mol. The average molecular weight is 208 g/mol. The highest BCUT2D eigenvalue weighted by Gasteiger charge is 2.11. The van der Waals surface area contributed by atoms with E-state index in [4.69, 9.17) is 4.74 Å². The van der Waals surface area contributed by atoms with Gasteiger partial charge >= 0.3 is 0 Å². The number of hydrogen-bond acceptors (Lipinski definition) is 3. The fourth-order valence-corrected chi connectivity index (χ4v) is 1.43. The number of halogens is 1. The lowest BCUT2D eigenvalue weighted by Gasteiger charge is -2.18. The van der Waals surface area contributed by atoms with Crippen molar-refractivity contribution in [3.05, 3.63) is 35.9 Å². The Morgan fingerprint density at radius 2 is 2.33 bits per heavy atom. The Morgan fingerprint density at radius 1 is 1.40 bits per heavy atom. The normalized spacial score (nSPS) is 21.3. The summed E-state index contributed by atoms with van der Waals surface area (Å²) in [6.45, 7) is 1.56. The molecule has 0 aromatic heterocycles. The fourth-order valence-electron chi connectivity index (χ4n) is 1.43. The molecule has 0 saturated heterocycles. The lowest BCUT2D eigenvalue weighted by molar-refractivity contribution is 0.263. The molecular weight excluding hydrogens is 195 g/mol. The molecule has 0 bridgehead atoms. The van der Waals surface area contributed by atoms with Crippen molar-refractivity contribution in [3.63, 3.8) is 0 Å². The predicted octanol–water partition coefficient (Wildman–Crippen LogP) is 1.70. The molecule has 0 aromatic carbocycles. The fraction of sp³-hybridized carbons (Fsp3) is 0.364. The van der Waals surface area contributed by atoms with Crippen molar-refractivity contribution < 1.29 is 9.13 Å². The summed E-state index contributed by atoms with van der Waals surface area (Å²) in [6, 6.07) is 0. The lowest BCUT2D eigenvalue weighted by atomic mass is 10.2. The summed E-state index contributed by atoms with van der Waals surface area (Å²) in [4.78, 5) is 4.22. The Balaban J connectivity index is 2.20. The molecule has 2 aliphatic rings. The van der Waals surface area contributed by atoms with Crippen LogP contribution < -0.4 is 5.32 Å². The number of fused-ring (bicyclic) bond motifs is 1. The van der Waals surface area contributed by atoms with Gasteiger partial charge in [-0.3, -0.25) is 4.99 Å². The van der Waals surface area contributed by atoms with Gasteiger partial charge in [-0.15, -0.1) is 0 Å². The van der Waals surface area contributed by atoms with Crippen molar-refractivity contribution in [2.24, 2.45) is 4.99 Å². The maximum absolute atomic E-state index is 13.0. The summed E-state index contributed by atoms with van der Waals surface area (Å²) >= 11 is 0. The largest absolute Gasteiger partial charge is 0.486 e. The summed E-state index contributed by atoms with van der Waals surface area (Å²) < 4.78 is 18.4. The Morgan fingerprint density at radius 3 is 3.27 bits per heavy atom. The Hall–Kier alpha value is -1.58. The number of aliphatic imine (C=N–C) groups is 1. The van der Waals surface area contributed by atoms with Crippen LogP contribution in [0.1, 0.15) is 6.42 Å². The van der Waals surface area contributed by atoms with Gasteiger partial charge in [-0.25, -0.2) is 4.39 Å². The van der Waals surface area contributed by atoms with Crippen molar-refractivity contribution in [2.45, 2.75) is 6.42 Å². The van der Waals surface area contributed by atoms with Crippen molar-refractivity contribution in [3.8, 4) is 0 Å². The van der Waals surface area contributed by atoms with E-state index in [2.05, 4.69) is 10.3 Å². The molecule has 2 aliphatic heterocycles. The molecule has 0 fully saturated rings. The Bertz CT molecular complexity index is 356. The molecule has 2 heterocycles. The molecule has 0 atom stereocenters. The molecule has 0 amide bonds. The van der Waals surface area contributed by atoms with E-state index >= 15 is 0 Å². The quantitative estimate of drug-likeness (QED) is 0.657. The summed E-state index contributed by atoms with van der Waals surface area (Å²) in [7, 11) is 0. The number of allylic oxidation sites excluding steroid dienone is 2. The minimum Gasteiger partial charge on any atom is -0.486 e. The highest BCUT2D eigenvalue weighted by Crippen LogP contribution is 2.09. The van der Waals surface area contributed by atoms with Crippen LogP contribution in [0.2, 0.25) is 0 Å². The van der Waals surface area contributed by atoms with Crippen molar-refractivity contribution in [1.29, 1.82) is 0 Å². The minimum atomic E-state index is -0.272. The van der Waals surface area contributed by atoms with Crippen LogP contribution >= 0.6 is 0 Å². The van der Waals surface area contributed by atoms with Gasteiger partial charge in [0.15, 0.2) is 11.6 Å². The van der Waals surface area contributed by atoms with Crippen LogP contribution in [-0.2, 0) is 4.74 Å².